The molecule has 8 nitrogen and oxygen atoms in total. The second-order valence-electron chi connectivity index (χ2n) is 9.77. The maximum atomic E-state index is 12.7. The minimum Gasteiger partial charge on any atom is -0.496 e. The molecule has 0 aliphatic heterocycles. The summed E-state index contributed by atoms with van der Waals surface area (Å²) < 4.78 is 10.9. The molecule has 0 radical (unpaired) electrons. The number of carbonyl (C=O) groups excluding carboxylic acids is 2. The summed E-state index contributed by atoms with van der Waals surface area (Å²) in [5.74, 6) is 1.44. The number of nitrogens with one attached hydrogen (secondary N) is 2. The fraction of sp³-hybridized carbons (Fsp3) is 0.438. The van der Waals surface area contributed by atoms with Gasteiger partial charge in [0.15, 0.2) is 0 Å². The molecular weight excluding hydrogens is 504 g/mol. The topological polar surface area (TPSA) is 83.1 Å². The van der Waals surface area contributed by atoms with E-state index in [1.807, 2.05) is 36.4 Å². The van der Waals surface area contributed by atoms with Gasteiger partial charge in [0.1, 0.15) is 11.5 Å². The Balaban J connectivity index is 1.38. The molecule has 1 aliphatic rings. The van der Waals surface area contributed by atoms with Crippen molar-refractivity contribution in [3.8, 4) is 11.5 Å². The largest absolute Gasteiger partial charge is 0.496 e. The minimum atomic E-state index is -0.171. The van der Waals surface area contributed by atoms with Crippen LogP contribution in [-0.4, -0.2) is 74.9 Å². The fourth-order valence-corrected chi connectivity index (χ4v) is 4.73. The molecule has 0 unspecified atom stereocenters. The number of allylic oxidation sites excluding steroid dienone is 2. The molecule has 8 heteroatoms. The minimum absolute atomic E-state index is 0.171. The zero-order valence-corrected chi connectivity index (χ0v) is 24.4. The highest BCUT2D eigenvalue weighted by molar-refractivity contribution is 6.19. The molecule has 0 saturated heterocycles. The summed E-state index contributed by atoms with van der Waals surface area (Å²) in [6.45, 7) is 10.6. The van der Waals surface area contributed by atoms with E-state index in [0.717, 1.165) is 74.7 Å². The Kier molecular flexibility index (Phi) is 12.7. The number of ether oxygens (including phenoxy) is 2. The van der Waals surface area contributed by atoms with Crippen LogP contribution in [0.1, 0.15) is 37.8 Å². The van der Waals surface area contributed by atoms with E-state index in [4.69, 9.17) is 9.47 Å². The van der Waals surface area contributed by atoms with E-state index >= 15 is 0 Å². The Morgan fingerprint density at radius 2 is 1.05 bits per heavy atom. The number of ketones is 2. The Labute approximate surface area is 239 Å². The van der Waals surface area contributed by atoms with Crippen LogP contribution in [0.5, 0.6) is 11.5 Å². The van der Waals surface area contributed by atoms with E-state index in [2.05, 4.69) is 46.4 Å². The molecule has 0 amide bonds. The zero-order chi connectivity index (χ0) is 28.7. The van der Waals surface area contributed by atoms with E-state index in [-0.39, 0.29) is 11.6 Å². The molecule has 0 bridgehead atoms. The van der Waals surface area contributed by atoms with Crippen LogP contribution in [-0.2, 0) is 22.7 Å². The van der Waals surface area contributed by atoms with Crippen molar-refractivity contribution >= 4 is 11.6 Å². The molecule has 0 saturated carbocycles. The molecular formula is C32H44N4O4. The van der Waals surface area contributed by atoms with Crippen LogP contribution in [0.25, 0.3) is 0 Å². The quantitative estimate of drug-likeness (QED) is 0.214. The second kappa shape index (κ2) is 16.5. The van der Waals surface area contributed by atoms with Gasteiger partial charge in [-0.25, -0.2) is 0 Å². The van der Waals surface area contributed by atoms with Gasteiger partial charge in [-0.15, -0.1) is 0 Å². The highest BCUT2D eigenvalue weighted by Crippen LogP contribution is 2.20. The van der Waals surface area contributed by atoms with Crippen molar-refractivity contribution in [1.29, 1.82) is 0 Å². The van der Waals surface area contributed by atoms with Crippen molar-refractivity contribution in [3.63, 3.8) is 0 Å². The van der Waals surface area contributed by atoms with Gasteiger partial charge in [-0.1, -0.05) is 50.2 Å². The first kappa shape index (κ1) is 30.9. The zero-order valence-electron chi connectivity index (χ0n) is 24.4. The fourth-order valence-electron chi connectivity index (χ4n) is 4.73. The van der Waals surface area contributed by atoms with E-state index in [1.54, 1.807) is 14.2 Å². The first-order valence-electron chi connectivity index (χ1n) is 14.2. The number of nitrogens with zero attached hydrogens (tertiary/aromatic N) is 2. The molecule has 0 atom stereocenters. The Morgan fingerprint density at radius 3 is 1.43 bits per heavy atom. The lowest BCUT2D eigenvalue weighted by atomic mass is 10.1. The third kappa shape index (κ3) is 9.24. The summed E-state index contributed by atoms with van der Waals surface area (Å²) in [7, 11) is 3.38. The number of rotatable bonds is 18. The molecule has 0 spiro atoms. The van der Waals surface area contributed by atoms with Crippen molar-refractivity contribution in [2.75, 3.05) is 53.5 Å². The molecule has 216 valence electrons. The molecule has 2 N–H and O–H groups in total. The number of hydrogen-bond acceptors (Lipinski definition) is 8. The molecule has 3 rings (SSSR count). The highest BCUT2D eigenvalue weighted by atomic mass is 16.5. The van der Waals surface area contributed by atoms with Crippen molar-refractivity contribution in [2.24, 2.45) is 0 Å². The smallest absolute Gasteiger partial charge is 0.203 e. The molecule has 2 aromatic rings. The van der Waals surface area contributed by atoms with E-state index < -0.39 is 0 Å². The number of methoxy groups -OCH3 is 2. The molecule has 2 aromatic carbocycles. The molecule has 0 fully saturated rings. The average Bonchev–Trinajstić information content (AvgIpc) is 2.98. The van der Waals surface area contributed by atoms with Crippen LogP contribution in [0.4, 0.5) is 0 Å². The lowest BCUT2D eigenvalue weighted by molar-refractivity contribution is -0.115. The molecule has 40 heavy (non-hydrogen) atoms. The number of para-hydroxylation sites is 2. The van der Waals surface area contributed by atoms with E-state index in [1.165, 1.54) is 12.2 Å². The van der Waals surface area contributed by atoms with Crippen molar-refractivity contribution in [2.45, 2.75) is 39.8 Å². The maximum absolute atomic E-state index is 12.7. The van der Waals surface area contributed by atoms with Gasteiger partial charge >= 0.3 is 0 Å². The second-order valence-corrected chi connectivity index (χ2v) is 9.77. The monoisotopic (exact) mass is 548 g/mol. The van der Waals surface area contributed by atoms with Gasteiger partial charge in [0.05, 0.1) is 25.6 Å². The van der Waals surface area contributed by atoms with Gasteiger partial charge in [-0.05, 0) is 38.1 Å². The average molecular weight is 549 g/mol. The first-order valence-corrected chi connectivity index (χ1v) is 14.2. The number of hydrogen-bond donors (Lipinski definition) is 2. The van der Waals surface area contributed by atoms with Gasteiger partial charge in [0.25, 0.3) is 0 Å². The normalized spacial score (nSPS) is 13.3. The van der Waals surface area contributed by atoms with Gasteiger partial charge in [-0.2, -0.15) is 0 Å². The first-order chi connectivity index (χ1) is 19.5. The van der Waals surface area contributed by atoms with Crippen LogP contribution < -0.4 is 20.1 Å². The summed E-state index contributed by atoms with van der Waals surface area (Å²) in [5, 5.41) is 6.32. The maximum Gasteiger partial charge on any atom is 0.203 e. The van der Waals surface area contributed by atoms with Crippen molar-refractivity contribution < 1.29 is 19.1 Å². The summed E-state index contributed by atoms with van der Waals surface area (Å²) >= 11 is 0. The summed E-state index contributed by atoms with van der Waals surface area (Å²) in [5.41, 5.74) is 3.02. The van der Waals surface area contributed by atoms with Crippen LogP contribution >= 0.6 is 0 Å². The summed E-state index contributed by atoms with van der Waals surface area (Å²) in [4.78, 5) is 30.0. The summed E-state index contributed by atoms with van der Waals surface area (Å²) in [6.07, 6.45) is 4.52. The number of benzene rings is 2. The Hall–Kier alpha value is -3.62. The van der Waals surface area contributed by atoms with E-state index in [0.29, 0.717) is 24.5 Å². The molecule has 0 aromatic heterocycles. The van der Waals surface area contributed by atoms with Gasteiger partial charge in [0.2, 0.25) is 11.6 Å². The van der Waals surface area contributed by atoms with Crippen LogP contribution in [0.2, 0.25) is 0 Å². The third-order valence-electron chi connectivity index (χ3n) is 7.08. The number of carbonyl (C=O) groups is 2. The SMILES string of the molecule is CCN(CCCNC1=CC(=O)C(NCCCN(CC)Cc2ccccc2OC)=CC1=O)Cc1ccccc1OC. The van der Waals surface area contributed by atoms with Crippen LogP contribution in [0.15, 0.2) is 72.1 Å². The summed E-state index contributed by atoms with van der Waals surface area (Å²) in [6, 6.07) is 16.1. The standard InChI is InChI=1S/C32H44N4O4/c1-5-35(23-25-13-7-9-15-31(25)39-3)19-11-17-33-27-21-30(38)28(22-29(27)37)34-18-12-20-36(6-2)24-26-14-8-10-16-32(26)40-4/h7-10,13-16,21-22,33-34H,5-6,11-12,17-20,23-24H2,1-4H3. The predicted molar refractivity (Wildman–Crippen MR) is 159 cm³/mol. The van der Waals surface area contributed by atoms with Crippen LogP contribution in [0, 0.1) is 0 Å². The van der Waals surface area contributed by atoms with Crippen LogP contribution in [0.3, 0.4) is 0 Å². The van der Waals surface area contributed by atoms with Gasteiger partial charge in [-0.3, -0.25) is 19.4 Å². The van der Waals surface area contributed by atoms with Gasteiger partial charge in [0, 0.05) is 62.5 Å². The molecule has 0 heterocycles. The Morgan fingerprint density at radius 1 is 0.650 bits per heavy atom. The highest BCUT2D eigenvalue weighted by Gasteiger charge is 2.20. The Bertz CT molecular complexity index is 1090. The third-order valence-corrected chi connectivity index (χ3v) is 7.08. The van der Waals surface area contributed by atoms with Gasteiger partial charge < -0.3 is 20.1 Å². The molecule has 1 aliphatic carbocycles. The van der Waals surface area contributed by atoms with Crippen molar-refractivity contribution in [3.05, 3.63) is 83.2 Å². The predicted octanol–water partition coefficient (Wildman–Crippen LogP) is 3.93. The van der Waals surface area contributed by atoms with E-state index in [9.17, 15) is 9.59 Å². The van der Waals surface area contributed by atoms with Crippen molar-refractivity contribution in [1.82, 2.24) is 20.4 Å². The lowest BCUT2D eigenvalue weighted by Crippen LogP contribution is -2.32. The lowest BCUT2D eigenvalue weighted by Gasteiger charge is -2.22.